The lowest BCUT2D eigenvalue weighted by atomic mass is 10.0. The second kappa shape index (κ2) is 5.36. The van der Waals surface area contributed by atoms with Gasteiger partial charge in [0.2, 0.25) is 0 Å². The maximum Gasteiger partial charge on any atom is 0.161 e. The Balaban J connectivity index is 2.51. The van der Waals surface area contributed by atoms with Crippen molar-refractivity contribution in [2.45, 2.75) is 33.4 Å². The summed E-state index contributed by atoms with van der Waals surface area (Å²) in [5.41, 5.74) is 9.85. The molecule has 2 aromatic heterocycles. The van der Waals surface area contributed by atoms with E-state index in [-0.39, 0.29) is 6.04 Å². The SMILES string of the molecule is CCn1ncc(OC)c1C(N)c1cc(C)nnc1C. The van der Waals surface area contributed by atoms with Gasteiger partial charge in [0.15, 0.2) is 5.75 Å². The molecule has 0 spiro atoms. The second-order valence-electron chi connectivity index (χ2n) is 4.42. The third kappa shape index (κ3) is 2.44. The summed E-state index contributed by atoms with van der Waals surface area (Å²) in [6, 6.07) is 1.63. The molecule has 0 aliphatic carbocycles. The summed E-state index contributed by atoms with van der Waals surface area (Å²) < 4.78 is 7.19. The van der Waals surface area contributed by atoms with E-state index in [4.69, 9.17) is 10.5 Å². The van der Waals surface area contributed by atoms with Crippen LogP contribution in [0, 0.1) is 13.8 Å². The van der Waals surface area contributed by atoms with E-state index in [1.54, 1.807) is 13.3 Å². The first-order valence-electron chi connectivity index (χ1n) is 6.24. The molecule has 6 heteroatoms. The van der Waals surface area contributed by atoms with Crippen LogP contribution in [0.3, 0.4) is 0 Å². The minimum absolute atomic E-state index is 0.327. The zero-order chi connectivity index (χ0) is 14.0. The quantitative estimate of drug-likeness (QED) is 0.899. The van der Waals surface area contributed by atoms with Gasteiger partial charge >= 0.3 is 0 Å². The Morgan fingerprint density at radius 3 is 2.74 bits per heavy atom. The van der Waals surface area contributed by atoms with Crippen molar-refractivity contribution in [2.75, 3.05) is 7.11 Å². The van der Waals surface area contributed by atoms with Crippen LogP contribution in [0.5, 0.6) is 5.75 Å². The van der Waals surface area contributed by atoms with Crippen LogP contribution < -0.4 is 10.5 Å². The summed E-state index contributed by atoms with van der Waals surface area (Å²) in [5, 5.41) is 12.4. The highest BCUT2D eigenvalue weighted by Gasteiger charge is 2.22. The first-order chi connectivity index (χ1) is 9.08. The largest absolute Gasteiger partial charge is 0.493 e. The lowest BCUT2D eigenvalue weighted by Gasteiger charge is -2.17. The number of methoxy groups -OCH3 is 1. The number of ether oxygens (including phenoxy) is 1. The van der Waals surface area contributed by atoms with Crippen molar-refractivity contribution in [3.8, 4) is 5.75 Å². The molecule has 0 aromatic carbocycles. The van der Waals surface area contributed by atoms with Gasteiger partial charge in [0, 0.05) is 6.54 Å². The van der Waals surface area contributed by atoms with Gasteiger partial charge in [-0.2, -0.15) is 15.3 Å². The Morgan fingerprint density at radius 2 is 2.11 bits per heavy atom. The molecule has 0 aliphatic rings. The van der Waals surface area contributed by atoms with Gasteiger partial charge < -0.3 is 10.5 Å². The zero-order valence-electron chi connectivity index (χ0n) is 11.7. The lowest BCUT2D eigenvalue weighted by Crippen LogP contribution is -2.20. The summed E-state index contributed by atoms with van der Waals surface area (Å²) in [6.07, 6.45) is 1.69. The normalized spacial score (nSPS) is 12.5. The summed E-state index contributed by atoms with van der Waals surface area (Å²) in [4.78, 5) is 0. The minimum Gasteiger partial charge on any atom is -0.493 e. The molecule has 0 saturated heterocycles. The average Bonchev–Trinajstić information content (AvgIpc) is 2.83. The predicted octanol–water partition coefficient (Wildman–Crippen LogP) is 1.37. The van der Waals surface area contributed by atoms with Crippen molar-refractivity contribution >= 4 is 0 Å². The number of nitrogens with zero attached hydrogens (tertiary/aromatic N) is 4. The number of aromatic nitrogens is 4. The van der Waals surface area contributed by atoms with Crippen molar-refractivity contribution in [1.82, 2.24) is 20.0 Å². The van der Waals surface area contributed by atoms with Gasteiger partial charge in [-0.05, 0) is 32.4 Å². The Morgan fingerprint density at radius 1 is 1.37 bits per heavy atom. The molecule has 0 radical (unpaired) electrons. The van der Waals surface area contributed by atoms with Gasteiger partial charge in [-0.15, -0.1) is 0 Å². The third-order valence-corrected chi connectivity index (χ3v) is 3.13. The summed E-state index contributed by atoms with van der Waals surface area (Å²) in [6.45, 7) is 6.56. The summed E-state index contributed by atoms with van der Waals surface area (Å²) >= 11 is 0. The molecule has 0 bridgehead atoms. The van der Waals surface area contributed by atoms with E-state index in [2.05, 4.69) is 15.3 Å². The molecule has 102 valence electrons. The fraction of sp³-hybridized carbons (Fsp3) is 0.462. The van der Waals surface area contributed by atoms with E-state index in [0.29, 0.717) is 5.75 Å². The Labute approximate surface area is 112 Å². The van der Waals surface area contributed by atoms with Crippen molar-refractivity contribution in [3.05, 3.63) is 34.9 Å². The monoisotopic (exact) mass is 261 g/mol. The highest BCUT2D eigenvalue weighted by molar-refractivity contribution is 5.37. The van der Waals surface area contributed by atoms with Crippen molar-refractivity contribution in [3.63, 3.8) is 0 Å². The molecule has 0 saturated carbocycles. The number of hydrogen-bond acceptors (Lipinski definition) is 5. The molecule has 2 rings (SSSR count). The van der Waals surface area contributed by atoms with Gasteiger partial charge in [-0.25, -0.2) is 0 Å². The molecule has 2 N–H and O–H groups in total. The van der Waals surface area contributed by atoms with Gasteiger partial charge in [0.1, 0.15) is 5.69 Å². The van der Waals surface area contributed by atoms with Gasteiger partial charge in [0.25, 0.3) is 0 Å². The predicted molar refractivity (Wildman–Crippen MR) is 72.0 cm³/mol. The number of aryl methyl sites for hydroxylation is 3. The fourth-order valence-electron chi connectivity index (χ4n) is 2.13. The molecule has 0 fully saturated rings. The Hall–Kier alpha value is -1.95. The Bertz CT molecular complexity index is 557. The lowest BCUT2D eigenvalue weighted by molar-refractivity contribution is 0.404. The molecule has 6 nitrogen and oxygen atoms in total. The van der Waals surface area contributed by atoms with Crippen LogP contribution in [-0.4, -0.2) is 27.1 Å². The van der Waals surface area contributed by atoms with E-state index >= 15 is 0 Å². The Kier molecular flexibility index (Phi) is 3.80. The molecule has 0 aliphatic heterocycles. The van der Waals surface area contributed by atoms with Crippen molar-refractivity contribution in [2.24, 2.45) is 5.73 Å². The molecule has 2 heterocycles. The highest BCUT2D eigenvalue weighted by Crippen LogP contribution is 2.29. The maximum absolute atomic E-state index is 6.37. The van der Waals surface area contributed by atoms with Crippen LogP contribution in [0.1, 0.15) is 35.6 Å². The van der Waals surface area contributed by atoms with Crippen LogP contribution >= 0.6 is 0 Å². The van der Waals surface area contributed by atoms with Gasteiger partial charge in [0.05, 0.1) is 30.7 Å². The topological polar surface area (TPSA) is 78.9 Å². The molecular weight excluding hydrogens is 242 g/mol. The molecular formula is C13H19N5O. The van der Waals surface area contributed by atoms with Crippen LogP contribution in [0.4, 0.5) is 0 Å². The molecule has 1 unspecified atom stereocenters. The van der Waals surface area contributed by atoms with Crippen molar-refractivity contribution in [1.29, 1.82) is 0 Å². The van der Waals surface area contributed by atoms with Crippen LogP contribution in [-0.2, 0) is 6.54 Å². The zero-order valence-corrected chi connectivity index (χ0v) is 11.7. The van der Waals surface area contributed by atoms with Crippen LogP contribution in [0.25, 0.3) is 0 Å². The number of hydrogen-bond donors (Lipinski definition) is 1. The van der Waals surface area contributed by atoms with Crippen LogP contribution in [0.15, 0.2) is 12.3 Å². The first kappa shape index (κ1) is 13.5. The third-order valence-electron chi connectivity index (χ3n) is 3.13. The summed E-state index contributed by atoms with van der Waals surface area (Å²) in [5.74, 6) is 0.697. The molecule has 2 aromatic rings. The summed E-state index contributed by atoms with van der Waals surface area (Å²) in [7, 11) is 1.62. The van der Waals surface area contributed by atoms with Crippen LogP contribution in [0.2, 0.25) is 0 Å². The molecule has 19 heavy (non-hydrogen) atoms. The highest BCUT2D eigenvalue weighted by atomic mass is 16.5. The number of rotatable bonds is 4. The van der Waals surface area contributed by atoms with E-state index in [1.165, 1.54) is 0 Å². The van der Waals surface area contributed by atoms with E-state index in [9.17, 15) is 0 Å². The maximum atomic E-state index is 6.37. The molecule has 0 amide bonds. The smallest absolute Gasteiger partial charge is 0.161 e. The standard InChI is InChI=1S/C13H19N5O/c1-5-18-13(11(19-4)7-15-18)12(14)10-6-8(2)16-17-9(10)3/h6-7,12H,5,14H2,1-4H3. The second-order valence-corrected chi connectivity index (χ2v) is 4.42. The van der Waals surface area contributed by atoms with E-state index in [1.807, 2.05) is 31.5 Å². The van der Waals surface area contributed by atoms with Gasteiger partial charge in [-0.1, -0.05) is 0 Å². The van der Waals surface area contributed by atoms with E-state index < -0.39 is 0 Å². The van der Waals surface area contributed by atoms with E-state index in [0.717, 1.165) is 29.2 Å². The fourth-order valence-corrected chi connectivity index (χ4v) is 2.13. The minimum atomic E-state index is -0.327. The van der Waals surface area contributed by atoms with Gasteiger partial charge in [-0.3, -0.25) is 4.68 Å². The average molecular weight is 261 g/mol. The first-order valence-corrected chi connectivity index (χ1v) is 6.24. The molecule has 1 atom stereocenters. The van der Waals surface area contributed by atoms with Crippen molar-refractivity contribution < 1.29 is 4.74 Å². The number of nitrogens with two attached hydrogens (primary N) is 1.